The van der Waals surface area contributed by atoms with E-state index in [-0.39, 0.29) is 0 Å². The van der Waals surface area contributed by atoms with Crippen molar-refractivity contribution < 1.29 is 27.5 Å². The van der Waals surface area contributed by atoms with Gasteiger partial charge in [0.1, 0.15) is 15.4 Å². The molecule has 6 heteroatoms. The van der Waals surface area contributed by atoms with E-state index in [2.05, 4.69) is 4.74 Å². The van der Waals surface area contributed by atoms with Crippen LogP contribution in [-0.2, 0) is 14.6 Å². The molecule has 1 N–H and O–H groups in total. The van der Waals surface area contributed by atoms with Crippen molar-refractivity contribution in [2.24, 2.45) is 0 Å². The van der Waals surface area contributed by atoms with Gasteiger partial charge in [0.2, 0.25) is 0 Å². The van der Waals surface area contributed by atoms with Gasteiger partial charge in [0, 0.05) is 19.5 Å². The molecule has 0 atom stereocenters. The molecule has 0 spiro atoms. The molecular formula is C8H17NO4S. The number of nitrogens with one attached hydrogen (secondary N) is 1. The Morgan fingerprint density at radius 3 is 2.57 bits per heavy atom. The Bertz CT molecular complexity index is 506. The molecule has 0 aromatic carbocycles. The van der Waals surface area contributed by atoms with Gasteiger partial charge in [-0.15, -0.1) is 0 Å². The molecule has 0 fully saturated rings. The Hall–Kier alpha value is -0.780. The van der Waals surface area contributed by atoms with Crippen LogP contribution in [0.2, 0.25) is 0 Å². The van der Waals surface area contributed by atoms with Gasteiger partial charge in [0.25, 0.3) is 0 Å². The van der Waals surface area contributed by atoms with Crippen LogP contribution in [0, 0.1) is 0 Å². The minimum Gasteiger partial charge on any atom is -0.444 e. The Morgan fingerprint density at radius 2 is 2.14 bits per heavy atom. The van der Waals surface area contributed by atoms with Gasteiger partial charge in [-0.25, -0.2) is 13.2 Å². The molecule has 0 aromatic heterocycles. The van der Waals surface area contributed by atoms with Gasteiger partial charge in [0.05, 0.1) is 8.45 Å². The van der Waals surface area contributed by atoms with E-state index in [4.69, 9.17) is 9.60 Å². The van der Waals surface area contributed by atoms with E-state index < -0.39 is 39.9 Å². The van der Waals surface area contributed by atoms with Crippen molar-refractivity contribution in [3.63, 3.8) is 0 Å². The maximum Gasteiger partial charge on any atom is 0.407 e. The summed E-state index contributed by atoms with van der Waals surface area (Å²) < 4.78 is 77.6. The number of amides is 1. The molecule has 0 aliphatic heterocycles. The third-order valence-corrected chi connectivity index (χ3v) is 1.12. The van der Waals surface area contributed by atoms with Gasteiger partial charge in [-0.05, 0) is 20.8 Å². The number of sulfone groups is 1. The molecule has 0 bridgehead atoms. The van der Waals surface area contributed by atoms with Gasteiger partial charge in [-0.2, -0.15) is 0 Å². The fraction of sp³-hybridized carbons (Fsp3) is 0.875. The summed E-state index contributed by atoms with van der Waals surface area (Å²) in [5, 5.41) is 1.40. The van der Waals surface area contributed by atoms with E-state index in [1.165, 1.54) is 26.1 Å². The van der Waals surface area contributed by atoms with Gasteiger partial charge in [-0.3, -0.25) is 0 Å². The topological polar surface area (TPSA) is 72.5 Å². The Kier molecular flexibility index (Phi) is 1.77. The summed E-state index contributed by atoms with van der Waals surface area (Å²) in [6.07, 6.45) is -5.20. The molecular weight excluding hydrogens is 206 g/mol. The van der Waals surface area contributed by atoms with Gasteiger partial charge < -0.3 is 10.1 Å². The molecule has 0 rings (SSSR count). The van der Waals surface area contributed by atoms with Crippen LogP contribution < -0.4 is 5.32 Å². The van der Waals surface area contributed by atoms with E-state index >= 15 is 0 Å². The minimum absolute atomic E-state index is 1.03. The predicted molar refractivity (Wildman–Crippen MR) is 53.9 cm³/mol. The highest BCUT2D eigenvalue weighted by Gasteiger charge is 2.15. The van der Waals surface area contributed by atoms with Crippen molar-refractivity contribution in [3.8, 4) is 0 Å². The molecule has 84 valence electrons. The highest BCUT2D eigenvalue weighted by Crippen LogP contribution is 2.05. The predicted octanol–water partition coefficient (Wildman–Crippen LogP) is 0.556. The summed E-state index contributed by atoms with van der Waals surface area (Å²) in [4.78, 5) is 11.4. The van der Waals surface area contributed by atoms with Crippen LogP contribution in [0.25, 0.3) is 0 Å². The lowest BCUT2D eigenvalue weighted by Gasteiger charge is -2.19. The average molecular weight is 230 g/mol. The number of alkyl carbamates (subject to hydrolysis) is 1. The number of ether oxygens (including phenoxy) is 1. The maximum absolute atomic E-state index is 11.6. The molecule has 1 amide bonds. The smallest absolute Gasteiger partial charge is 0.407 e. The highest BCUT2D eigenvalue weighted by atomic mass is 32.2. The van der Waals surface area contributed by atoms with Crippen LogP contribution in [0.4, 0.5) is 4.79 Å². The van der Waals surface area contributed by atoms with Crippen molar-refractivity contribution in [1.29, 1.82) is 0 Å². The quantitative estimate of drug-likeness (QED) is 0.768. The molecule has 0 saturated carbocycles. The van der Waals surface area contributed by atoms with Crippen LogP contribution in [0.15, 0.2) is 0 Å². The number of carbonyl (C=O) groups excluding carboxylic acids is 1. The summed E-state index contributed by atoms with van der Waals surface area (Å²) in [5.41, 5.74) is -4.92. The molecule has 0 saturated heterocycles. The number of rotatable bonds is 3. The maximum atomic E-state index is 11.6. The monoisotopic (exact) mass is 230 g/mol. The van der Waals surface area contributed by atoms with E-state index in [0.29, 0.717) is 0 Å². The summed E-state index contributed by atoms with van der Waals surface area (Å²) in [6, 6.07) is 0. The number of hydrogen-bond donors (Lipinski definition) is 1. The van der Waals surface area contributed by atoms with E-state index in [1.807, 2.05) is 0 Å². The number of hydrogen-bond acceptors (Lipinski definition) is 4. The zero-order valence-electron chi connectivity index (χ0n) is 15.0. The molecule has 5 nitrogen and oxygen atoms in total. The summed E-state index contributed by atoms with van der Waals surface area (Å²) in [6.45, 7) is 0.852. The SMILES string of the molecule is [2H]C([2H])(NC(=O)OC(C)(C)C)C([2H])([2H])S(=O)(=O)C([2H])([2H])[2H]. The highest BCUT2D eigenvalue weighted by molar-refractivity contribution is 7.90. The van der Waals surface area contributed by atoms with Crippen molar-refractivity contribution in [1.82, 2.24) is 5.32 Å². The second-order valence-electron chi connectivity index (χ2n) is 3.36. The first-order chi connectivity index (χ1) is 8.85. The van der Waals surface area contributed by atoms with Gasteiger partial charge >= 0.3 is 6.09 Å². The first kappa shape index (κ1) is 5.34. The second-order valence-corrected chi connectivity index (χ2v) is 4.57. The van der Waals surface area contributed by atoms with Crippen LogP contribution in [-0.4, -0.2) is 38.5 Å². The van der Waals surface area contributed by atoms with Crippen molar-refractivity contribution >= 4 is 15.9 Å². The third kappa shape index (κ3) is 9.31. The lowest BCUT2D eigenvalue weighted by atomic mass is 10.2. The largest absolute Gasteiger partial charge is 0.444 e. The zero-order chi connectivity index (χ0) is 17.5. The third-order valence-electron chi connectivity index (χ3n) is 0.749. The zero-order valence-corrected chi connectivity index (χ0v) is 8.86. The summed E-state index contributed by atoms with van der Waals surface area (Å²) >= 11 is 0. The first-order valence-corrected chi connectivity index (χ1v) is 5.09. The summed E-state index contributed by atoms with van der Waals surface area (Å²) in [5.74, 6) is 0. The van der Waals surface area contributed by atoms with Gasteiger partial charge in [0.15, 0.2) is 0 Å². The van der Waals surface area contributed by atoms with Crippen LogP contribution in [0.1, 0.15) is 30.4 Å². The standard InChI is InChI=1S/C8H17NO4S/c1-8(2,3)13-7(10)9-5-6-14(4,11)12/h5-6H2,1-4H3,(H,9,10)/i4D3,5D2,6D2. The normalized spacial score (nSPS) is 22.6. The van der Waals surface area contributed by atoms with Crippen LogP contribution >= 0.6 is 0 Å². The molecule has 0 heterocycles. The average Bonchev–Trinajstić information content (AvgIpc) is 2.10. The van der Waals surface area contributed by atoms with Crippen LogP contribution in [0.3, 0.4) is 0 Å². The fourth-order valence-corrected chi connectivity index (χ4v) is 0.633. The Balaban J connectivity index is 5.47. The van der Waals surface area contributed by atoms with Crippen molar-refractivity contribution in [2.45, 2.75) is 26.4 Å². The lowest BCUT2D eigenvalue weighted by molar-refractivity contribution is 0.0531. The molecule has 0 aliphatic rings. The summed E-state index contributed by atoms with van der Waals surface area (Å²) in [7, 11) is -5.53. The van der Waals surface area contributed by atoms with Crippen molar-refractivity contribution in [3.05, 3.63) is 0 Å². The van der Waals surface area contributed by atoms with E-state index in [0.717, 1.165) is 0 Å². The van der Waals surface area contributed by atoms with Crippen molar-refractivity contribution in [2.75, 3.05) is 18.4 Å². The molecule has 0 aromatic rings. The van der Waals surface area contributed by atoms with E-state index in [9.17, 15) is 13.2 Å². The second kappa shape index (κ2) is 4.63. The minimum atomic E-state index is -5.53. The van der Waals surface area contributed by atoms with Gasteiger partial charge in [-0.1, -0.05) is 0 Å². The number of carbonyl (C=O) groups is 1. The first-order valence-electron chi connectivity index (χ1n) is 7.10. The Labute approximate surface area is 94.6 Å². The molecule has 0 radical (unpaired) electrons. The lowest BCUT2D eigenvalue weighted by Crippen LogP contribution is -2.34. The van der Waals surface area contributed by atoms with E-state index in [1.54, 1.807) is 0 Å². The molecule has 14 heavy (non-hydrogen) atoms. The fourth-order valence-electron chi connectivity index (χ4n) is 0.447. The molecule has 0 aliphatic carbocycles. The van der Waals surface area contributed by atoms with Crippen LogP contribution in [0.5, 0.6) is 0 Å². The molecule has 0 unspecified atom stereocenters. The Morgan fingerprint density at radius 1 is 1.57 bits per heavy atom.